The largest absolute Gasteiger partial charge is 0.469 e. The fourth-order valence-electron chi connectivity index (χ4n) is 3.82. The van der Waals surface area contributed by atoms with Gasteiger partial charge in [0.25, 0.3) is 0 Å². The van der Waals surface area contributed by atoms with Crippen LogP contribution in [0.2, 0.25) is 0 Å². The Bertz CT molecular complexity index is 946. The summed E-state index contributed by atoms with van der Waals surface area (Å²) in [6.07, 6.45) is 2.06. The minimum Gasteiger partial charge on any atom is -0.469 e. The molecule has 5 heteroatoms. The lowest BCUT2D eigenvalue weighted by Gasteiger charge is -2.28. The number of esters is 1. The van der Waals surface area contributed by atoms with Crippen molar-refractivity contribution in [2.45, 2.75) is 57.7 Å². The molecule has 0 saturated carbocycles. The number of rotatable bonds is 16. The molecule has 0 aliphatic carbocycles. The monoisotopic (exact) mass is 476 g/mol. The highest BCUT2D eigenvalue weighted by molar-refractivity contribution is 5.68. The predicted molar refractivity (Wildman–Crippen MR) is 137 cm³/mol. The van der Waals surface area contributed by atoms with E-state index in [1.165, 1.54) is 7.11 Å². The molecule has 0 aliphatic heterocycles. The number of carbonyl (C=O) groups is 1. The molecule has 0 aromatic heterocycles. The zero-order valence-corrected chi connectivity index (χ0v) is 20.5. The van der Waals surface area contributed by atoms with Gasteiger partial charge in [0, 0.05) is 13.0 Å². The summed E-state index contributed by atoms with van der Waals surface area (Å²) >= 11 is 0. The van der Waals surface area contributed by atoms with Crippen molar-refractivity contribution in [2.75, 3.05) is 13.7 Å². The van der Waals surface area contributed by atoms with Gasteiger partial charge in [0.1, 0.15) is 0 Å². The molecule has 3 aromatic rings. The molecule has 0 aliphatic rings. The molecule has 0 saturated heterocycles. The lowest BCUT2D eigenvalue weighted by atomic mass is 10.0. The molecule has 0 N–H and O–H groups in total. The molecule has 5 nitrogen and oxygen atoms in total. The third-order valence-corrected chi connectivity index (χ3v) is 5.78. The highest BCUT2D eigenvalue weighted by Crippen LogP contribution is 2.20. The maximum atomic E-state index is 11.7. The third-order valence-electron chi connectivity index (χ3n) is 5.78. The predicted octanol–water partition coefficient (Wildman–Crippen LogP) is 6.11. The van der Waals surface area contributed by atoms with Crippen molar-refractivity contribution in [2.24, 2.45) is 0 Å². The second-order valence-corrected chi connectivity index (χ2v) is 8.47. The molecule has 0 heterocycles. The summed E-state index contributed by atoms with van der Waals surface area (Å²) in [4.78, 5) is 11.7. The first-order valence-corrected chi connectivity index (χ1v) is 12.2. The standard InChI is InChI=1S/C30H36O5/c1-32-30(31)19-11-18-28(34-23-26-14-7-3-8-15-26)29(35-24-27-16-9-4-10-17-27)20-21-33-22-25-12-5-2-6-13-25/h2-10,12-17,28-29H,11,18-24H2,1H3/t28-,29+/m1/s1. The van der Waals surface area contributed by atoms with Crippen LogP contribution in [0, 0.1) is 0 Å². The third kappa shape index (κ3) is 10.4. The highest BCUT2D eigenvalue weighted by atomic mass is 16.5. The summed E-state index contributed by atoms with van der Waals surface area (Å²) in [6, 6.07) is 30.4. The minimum atomic E-state index is -0.209. The number of hydrogen-bond donors (Lipinski definition) is 0. The normalized spacial score (nSPS) is 12.7. The van der Waals surface area contributed by atoms with E-state index in [2.05, 4.69) is 24.3 Å². The van der Waals surface area contributed by atoms with Gasteiger partial charge in [-0.25, -0.2) is 0 Å². The van der Waals surface area contributed by atoms with Crippen LogP contribution < -0.4 is 0 Å². The molecule has 0 radical (unpaired) electrons. The summed E-state index contributed by atoms with van der Waals surface area (Å²) in [5.41, 5.74) is 3.36. The summed E-state index contributed by atoms with van der Waals surface area (Å²) in [5, 5.41) is 0. The van der Waals surface area contributed by atoms with Crippen LogP contribution in [0.4, 0.5) is 0 Å². The average Bonchev–Trinajstić information content (AvgIpc) is 2.92. The van der Waals surface area contributed by atoms with Gasteiger partial charge in [-0.05, 0) is 36.0 Å². The van der Waals surface area contributed by atoms with E-state index in [0.29, 0.717) is 52.1 Å². The zero-order chi connectivity index (χ0) is 24.6. The van der Waals surface area contributed by atoms with Gasteiger partial charge in [-0.3, -0.25) is 4.79 Å². The topological polar surface area (TPSA) is 54.0 Å². The van der Waals surface area contributed by atoms with Crippen LogP contribution in [-0.4, -0.2) is 31.9 Å². The van der Waals surface area contributed by atoms with Gasteiger partial charge in [0.15, 0.2) is 0 Å². The molecule has 0 unspecified atom stereocenters. The lowest BCUT2D eigenvalue weighted by Crippen LogP contribution is -2.33. The first kappa shape index (κ1) is 26.6. The quantitative estimate of drug-likeness (QED) is 0.184. The van der Waals surface area contributed by atoms with Crippen LogP contribution in [0.3, 0.4) is 0 Å². The summed E-state index contributed by atoms with van der Waals surface area (Å²) < 4.78 is 23.6. The Hall–Kier alpha value is -2.99. The Morgan fingerprint density at radius 1 is 0.657 bits per heavy atom. The van der Waals surface area contributed by atoms with Crippen molar-refractivity contribution in [1.82, 2.24) is 0 Å². The van der Waals surface area contributed by atoms with Gasteiger partial charge >= 0.3 is 5.97 Å². The van der Waals surface area contributed by atoms with E-state index in [1.54, 1.807) is 0 Å². The maximum absolute atomic E-state index is 11.7. The Morgan fingerprint density at radius 2 is 1.11 bits per heavy atom. The van der Waals surface area contributed by atoms with Gasteiger partial charge in [-0.2, -0.15) is 0 Å². The molecule has 0 fully saturated rings. The van der Waals surface area contributed by atoms with Gasteiger partial charge in [0.2, 0.25) is 0 Å². The van der Waals surface area contributed by atoms with E-state index >= 15 is 0 Å². The fraction of sp³-hybridized carbons (Fsp3) is 0.367. The van der Waals surface area contributed by atoms with Crippen molar-refractivity contribution >= 4 is 5.97 Å². The Labute approximate surface area is 209 Å². The van der Waals surface area contributed by atoms with Crippen LogP contribution in [0.5, 0.6) is 0 Å². The molecule has 186 valence electrons. The molecule has 3 aromatic carbocycles. The summed E-state index contributed by atoms with van der Waals surface area (Å²) in [5.74, 6) is -0.209. The van der Waals surface area contributed by atoms with E-state index in [0.717, 1.165) is 16.7 Å². The number of methoxy groups -OCH3 is 1. The number of ether oxygens (including phenoxy) is 4. The fourth-order valence-corrected chi connectivity index (χ4v) is 3.82. The van der Waals surface area contributed by atoms with Crippen molar-refractivity contribution in [3.05, 3.63) is 108 Å². The van der Waals surface area contributed by atoms with Gasteiger partial charge in [-0.1, -0.05) is 91.0 Å². The summed E-state index contributed by atoms with van der Waals surface area (Å²) in [6.45, 7) is 2.09. The van der Waals surface area contributed by atoms with Gasteiger partial charge < -0.3 is 18.9 Å². The molecule has 0 bridgehead atoms. The summed E-state index contributed by atoms with van der Waals surface area (Å²) in [7, 11) is 1.42. The Kier molecular flexibility index (Phi) is 12.0. The molecule has 0 amide bonds. The Balaban J connectivity index is 1.63. The van der Waals surface area contributed by atoms with E-state index in [4.69, 9.17) is 18.9 Å². The smallest absolute Gasteiger partial charge is 0.305 e. The molecule has 35 heavy (non-hydrogen) atoms. The maximum Gasteiger partial charge on any atom is 0.305 e. The Morgan fingerprint density at radius 3 is 1.60 bits per heavy atom. The lowest BCUT2D eigenvalue weighted by molar-refractivity contribution is -0.141. The second-order valence-electron chi connectivity index (χ2n) is 8.47. The minimum absolute atomic E-state index is 0.174. The number of hydrogen-bond acceptors (Lipinski definition) is 5. The molecule has 0 spiro atoms. The molecular formula is C30H36O5. The number of carbonyl (C=O) groups excluding carboxylic acids is 1. The van der Waals surface area contributed by atoms with Crippen molar-refractivity contribution in [3.63, 3.8) is 0 Å². The van der Waals surface area contributed by atoms with Crippen LogP contribution in [0.15, 0.2) is 91.0 Å². The van der Waals surface area contributed by atoms with Crippen molar-refractivity contribution in [3.8, 4) is 0 Å². The van der Waals surface area contributed by atoms with Crippen molar-refractivity contribution < 1.29 is 23.7 Å². The zero-order valence-electron chi connectivity index (χ0n) is 20.5. The van der Waals surface area contributed by atoms with E-state index in [-0.39, 0.29) is 18.2 Å². The van der Waals surface area contributed by atoms with E-state index < -0.39 is 0 Å². The SMILES string of the molecule is COC(=O)CCC[C@@H](OCc1ccccc1)[C@H](CCOCc1ccccc1)OCc1ccccc1. The van der Waals surface area contributed by atoms with E-state index in [9.17, 15) is 4.79 Å². The first-order valence-electron chi connectivity index (χ1n) is 12.2. The molecule has 2 atom stereocenters. The van der Waals surface area contributed by atoms with Crippen molar-refractivity contribution in [1.29, 1.82) is 0 Å². The average molecular weight is 477 g/mol. The molecular weight excluding hydrogens is 440 g/mol. The van der Waals surface area contributed by atoms with E-state index in [1.807, 2.05) is 66.7 Å². The van der Waals surface area contributed by atoms with Gasteiger partial charge in [-0.15, -0.1) is 0 Å². The van der Waals surface area contributed by atoms with Crippen LogP contribution in [-0.2, 0) is 43.6 Å². The first-order chi connectivity index (χ1) is 17.2. The van der Waals surface area contributed by atoms with Crippen LogP contribution >= 0.6 is 0 Å². The molecule has 3 rings (SSSR count). The van der Waals surface area contributed by atoms with Crippen LogP contribution in [0.25, 0.3) is 0 Å². The highest BCUT2D eigenvalue weighted by Gasteiger charge is 2.24. The van der Waals surface area contributed by atoms with Gasteiger partial charge in [0.05, 0.1) is 39.1 Å². The second kappa shape index (κ2) is 15.8. The number of benzene rings is 3. The van der Waals surface area contributed by atoms with Crippen LogP contribution in [0.1, 0.15) is 42.4 Å².